The molecule has 0 aromatic heterocycles. The molecule has 1 unspecified atom stereocenters. The third kappa shape index (κ3) is 5.98. The van der Waals surface area contributed by atoms with Crippen molar-refractivity contribution in [2.24, 2.45) is 0 Å². The summed E-state index contributed by atoms with van der Waals surface area (Å²) in [7, 11) is -3.29. The Balaban J connectivity index is 1.38. The van der Waals surface area contributed by atoms with Gasteiger partial charge in [0.1, 0.15) is 18.4 Å². The quantitative estimate of drug-likeness (QED) is 0.449. The Morgan fingerprint density at radius 1 is 1.18 bits per heavy atom. The minimum absolute atomic E-state index is 0.00230. The third-order valence-corrected chi connectivity index (χ3v) is 7.15. The molecule has 0 bridgehead atoms. The van der Waals surface area contributed by atoms with Crippen molar-refractivity contribution in [1.82, 2.24) is 15.5 Å². The molecule has 1 atom stereocenters. The maximum absolute atomic E-state index is 14.9. The predicted molar refractivity (Wildman–Crippen MR) is 130 cm³/mol. The van der Waals surface area contributed by atoms with Crippen molar-refractivity contribution >= 4 is 33.5 Å². The second kappa shape index (κ2) is 10.5. The van der Waals surface area contributed by atoms with E-state index in [0.717, 1.165) is 18.4 Å². The standard InChI is InChI=1S/C25H25F2N3O7S/c1-38(35,36)10-9-37-18-4-2-3-17(12-18)25(26,27)24(34)28-13-15-5-6-19-16(11-15)14-30(23(19)33)20-7-8-21(31)29-22(20)32/h2-6,11-12,20H,7-10,13-14H2,1H3,(H,28,34)(H,29,31,32). The first-order valence-corrected chi connectivity index (χ1v) is 13.7. The van der Waals surface area contributed by atoms with Gasteiger partial charge < -0.3 is 15.0 Å². The van der Waals surface area contributed by atoms with Gasteiger partial charge in [-0.1, -0.05) is 24.3 Å². The summed E-state index contributed by atoms with van der Waals surface area (Å²) < 4.78 is 57.4. The van der Waals surface area contributed by atoms with Crippen LogP contribution in [0.25, 0.3) is 0 Å². The van der Waals surface area contributed by atoms with E-state index in [0.29, 0.717) is 16.7 Å². The molecule has 2 aliphatic heterocycles. The lowest BCUT2D eigenvalue weighted by atomic mass is 10.0. The van der Waals surface area contributed by atoms with Crippen LogP contribution in [0.1, 0.15) is 39.9 Å². The Morgan fingerprint density at radius 2 is 1.95 bits per heavy atom. The number of rotatable bonds is 9. The molecule has 0 saturated carbocycles. The minimum Gasteiger partial charge on any atom is -0.493 e. The smallest absolute Gasteiger partial charge is 0.349 e. The number of ether oxygens (including phenoxy) is 1. The fraction of sp³-hybridized carbons (Fsp3) is 0.360. The average molecular weight is 550 g/mol. The molecule has 2 aromatic carbocycles. The number of benzene rings is 2. The largest absolute Gasteiger partial charge is 0.493 e. The molecule has 4 rings (SSSR count). The summed E-state index contributed by atoms with van der Waals surface area (Å²) in [5, 5.41) is 4.42. The van der Waals surface area contributed by atoms with Gasteiger partial charge in [-0.25, -0.2) is 8.42 Å². The summed E-state index contributed by atoms with van der Waals surface area (Å²) in [6, 6.07) is 8.57. The van der Waals surface area contributed by atoms with E-state index in [1.54, 1.807) is 6.07 Å². The molecule has 1 fully saturated rings. The van der Waals surface area contributed by atoms with Crippen LogP contribution in [0.5, 0.6) is 5.75 Å². The Kier molecular flexibility index (Phi) is 7.49. The fourth-order valence-corrected chi connectivity index (χ4v) is 4.64. The van der Waals surface area contributed by atoms with E-state index < -0.39 is 45.1 Å². The number of carbonyl (C=O) groups is 4. The van der Waals surface area contributed by atoms with Gasteiger partial charge in [0.15, 0.2) is 9.84 Å². The van der Waals surface area contributed by atoms with Gasteiger partial charge in [-0.3, -0.25) is 24.5 Å². The van der Waals surface area contributed by atoms with Crippen LogP contribution in [0.3, 0.4) is 0 Å². The van der Waals surface area contributed by atoms with Crippen molar-refractivity contribution in [3.05, 3.63) is 64.7 Å². The lowest BCUT2D eigenvalue weighted by Crippen LogP contribution is -2.52. The molecule has 2 heterocycles. The van der Waals surface area contributed by atoms with Gasteiger partial charge in [-0.15, -0.1) is 0 Å². The van der Waals surface area contributed by atoms with Crippen molar-refractivity contribution < 1.29 is 41.1 Å². The molecular formula is C25H25F2N3O7S. The molecule has 2 aliphatic rings. The molecule has 1 saturated heterocycles. The second-order valence-corrected chi connectivity index (χ2v) is 11.4. The van der Waals surface area contributed by atoms with Crippen LogP contribution < -0.4 is 15.4 Å². The van der Waals surface area contributed by atoms with E-state index in [-0.39, 0.29) is 49.9 Å². The summed E-state index contributed by atoms with van der Waals surface area (Å²) in [4.78, 5) is 50.1. The number of amides is 4. The molecule has 0 spiro atoms. The zero-order valence-electron chi connectivity index (χ0n) is 20.3. The number of nitrogens with zero attached hydrogens (tertiary/aromatic N) is 1. The van der Waals surface area contributed by atoms with E-state index >= 15 is 0 Å². The van der Waals surface area contributed by atoms with Crippen molar-refractivity contribution in [2.45, 2.75) is 37.9 Å². The van der Waals surface area contributed by atoms with Crippen molar-refractivity contribution in [2.75, 3.05) is 18.6 Å². The van der Waals surface area contributed by atoms with E-state index in [4.69, 9.17) is 4.74 Å². The second-order valence-electron chi connectivity index (χ2n) is 9.15. The summed E-state index contributed by atoms with van der Waals surface area (Å²) in [5.74, 6) is -7.03. The van der Waals surface area contributed by atoms with Crippen molar-refractivity contribution in [1.29, 1.82) is 0 Å². The number of sulfone groups is 1. The summed E-state index contributed by atoms with van der Waals surface area (Å²) in [6.45, 7) is -0.342. The maximum atomic E-state index is 14.9. The van der Waals surface area contributed by atoms with E-state index in [1.807, 2.05) is 0 Å². The Morgan fingerprint density at radius 3 is 2.66 bits per heavy atom. The van der Waals surface area contributed by atoms with E-state index in [1.165, 1.54) is 29.2 Å². The Labute approximate surface area is 217 Å². The van der Waals surface area contributed by atoms with Crippen LogP contribution in [0.4, 0.5) is 8.78 Å². The molecule has 0 radical (unpaired) electrons. The zero-order valence-corrected chi connectivity index (χ0v) is 21.1. The van der Waals surface area contributed by atoms with Gasteiger partial charge in [0.05, 0.1) is 5.75 Å². The number of hydrogen-bond donors (Lipinski definition) is 2. The average Bonchev–Trinajstić information content (AvgIpc) is 3.17. The van der Waals surface area contributed by atoms with Gasteiger partial charge >= 0.3 is 5.92 Å². The molecule has 4 amide bonds. The van der Waals surface area contributed by atoms with Crippen LogP contribution in [0, 0.1) is 0 Å². The highest BCUT2D eigenvalue weighted by Crippen LogP contribution is 2.31. The SMILES string of the molecule is CS(=O)(=O)CCOc1cccc(C(F)(F)C(=O)NCc2ccc3c(c2)CN(C2CCC(=O)NC2=O)C3=O)c1. The van der Waals surface area contributed by atoms with Crippen LogP contribution in [-0.4, -0.2) is 61.6 Å². The van der Waals surface area contributed by atoms with Gasteiger partial charge in [0, 0.05) is 36.9 Å². The summed E-state index contributed by atoms with van der Waals surface area (Å²) in [5.41, 5.74) is 0.801. The number of carbonyl (C=O) groups excluding carboxylic acids is 4. The highest BCUT2D eigenvalue weighted by molar-refractivity contribution is 7.90. The molecule has 2 aromatic rings. The molecule has 0 aliphatic carbocycles. The summed E-state index contributed by atoms with van der Waals surface area (Å²) >= 11 is 0. The number of piperidine rings is 1. The Bertz CT molecular complexity index is 1410. The van der Waals surface area contributed by atoms with E-state index in [2.05, 4.69) is 10.6 Å². The van der Waals surface area contributed by atoms with E-state index in [9.17, 15) is 36.4 Å². The molecule has 10 nitrogen and oxygen atoms in total. The normalized spacial score (nSPS) is 17.7. The highest BCUT2D eigenvalue weighted by atomic mass is 32.2. The van der Waals surface area contributed by atoms with Crippen molar-refractivity contribution in [3.8, 4) is 5.75 Å². The monoisotopic (exact) mass is 549 g/mol. The first kappa shape index (κ1) is 27.2. The molecule has 202 valence electrons. The Hall–Kier alpha value is -3.87. The fourth-order valence-electron chi connectivity index (χ4n) is 4.25. The number of halogens is 2. The van der Waals surface area contributed by atoms with Crippen molar-refractivity contribution in [3.63, 3.8) is 0 Å². The lowest BCUT2D eigenvalue weighted by molar-refractivity contribution is -0.147. The molecule has 13 heteroatoms. The third-order valence-electron chi connectivity index (χ3n) is 6.25. The molecule has 38 heavy (non-hydrogen) atoms. The zero-order chi connectivity index (χ0) is 27.7. The van der Waals surface area contributed by atoms with Crippen LogP contribution in [0.15, 0.2) is 42.5 Å². The number of hydrogen-bond acceptors (Lipinski definition) is 7. The first-order valence-electron chi connectivity index (χ1n) is 11.7. The predicted octanol–water partition coefficient (Wildman–Crippen LogP) is 1.28. The topological polar surface area (TPSA) is 139 Å². The molecular weight excluding hydrogens is 524 g/mol. The van der Waals surface area contributed by atoms with Gasteiger partial charge in [-0.05, 0) is 35.7 Å². The van der Waals surface area contributed by atoms with Gasteiger partial charge in [0.25, 0.3) is 11.8 Å². The number of imide groups is 1. The van der Waals surface area contributed by atoms with Gasteiger partial charge in [-0.2, -0.15) is 8.78 Å². The number of alkyl halides is 2. The lowest BCUT2D eigenvalue weighted by Gasteiger charge is -2.29. The summed E-state index contributed by atoms with van der Waals surface area (Å²) in [6.07, 6.45) is 1.36. The minimum atomic E-state index is -3.90. The van der Waals surface area contributed by atoms with Crippen LogP contribution in [0.2, 0.25) is 0 Å². The van der Waals surface area contributed by atoms with Crippen LogP contribution >= 0.6 is 0 Å². The highest BCUT2D eigenvalue weighted by Gasteiger charge is 2.41. The van der Waals surface area contributed by atoms with Gasteiger partial charge in [0.2, 0.25) is 11.8 Å². The number of fused-ring (bicyclic) bond motifs is 1. The van der Waals surface area contributed by atoms with Crippen LogP contribution in [-0.2, 0) is 43.2 Å². The first-order chi connectivity index (χ1) is 17.8. The molecule has 2 N–H and O–H groups in total. The number of nitrogens with one attached hydrogen (secondary N) is 2. The maximum Gasteiger partial charge on any atom is 0.349 e.